The monoisotopic (exact) mass is 276 g/mol. The van der Waals surface area contributed by atoms with Crippen LogP contribution in [0.5, 0.6) is 0 Å². The number of piperidine rings is 1. The lowest BCUT2D eigenvalue weighted by molar-refractivity contribution is 0.158. The van der Waals surface area contributed by atoms with Crippen LogP contribution >= 0.6 is 0 Å². The van der Waals surface area contributed by atoms with Crippen molar-refractivity contribution >= 4 is 0 Å². The highest BCUT2D eigenvalue weighted by atomic mass is 16.3. The van der Waals surface area contributed by atoms with E-state index in [1.165, 1.54) is 62.9 Å². The molecule has 1 fully saturated rings. The number of furan rings is 1. The van der Waals surface area contributed by atoms with E-state index in [-0.39, 0.29) is 0 Å². The molecule has 20 heavy (non-hydrogen) atoms. The van der Waals surface area contributed by atoms with E-state index in [2.05, 4.69) is 23.2 Å². The Morgan fingerprint density at radius 3 is 3.15 bits per heavy atom. The Morgan fingerprint density at radius 1 is 1.30 bits per heavy atom. The van der Waals surface area contributed by atoms with Crippen molar-refractivity contribution in [2.75, 3.05) is 19.6 Å². The second kappa shape index (κ2) is 6.77. The lowest BCUT2D eigenvalue weighted by atomic mass is 9.93. The number of nitrogens with zero attached hydrogens (tertiary/aromatic N) is 1. The second-order valence-corrected chi connectivity index (χ2v) is 6.43. The smallest absolute Gasteiger partial charge is 0.108 e. The highest BCUT2D eigenvalue weighted by Gasteiger charge is 2.22. The van der Waals surface area contributed by atoms with E-state index in [9.17, 15) is 0 Å². The van der Waals surface area contributed by atoms with Crippen LogP contribution in [0.3, 0.4) is 0 Å². The maximum atomic E-state index is 5.55. The summed E-state index contributed by atoms with van der Waals surface area (Å²) >= 11 is 0. The zero-order chi connectivity index (χ0) is 13.8. The van der Waals surface area contributed by atoms with Crippen LogP contribution in [0.25, 0.3) is 0 Å². The minimum absolute atomic E-state index is 0.524. The quantitative estimate of drug-likeness (QED) is 0.834. The summed E-state index contributed by atoms with van der Waals surface area (Å²) in [6.45, 7) is 6.06. The van der Waals surface area contributed by atoms with Crippen LogP contribution in [0.4, 0.5) is 0 Å². The molecule has 3 rings (SSSR count). The van der Waals surface area contributed by atoms with Crippen LogP contribution < -0.4 is 5.32 Å². The van der Waals surface area contributed by atoms with E-state index in [4.69, 9.17) is 4.42 Å². The van der Waals surface area contributed by atoms with Gasteiger partial charge in [0, 0.05) is 24.1 Å². The summed E-state index contributed by atoms with van der Waals surface area (Å²) in [5.74, 6) is 1.21. The molecule has 1 aliphatic heterocycles. The first-order valence-electron chi connectivity index (χ1n) is 8.38. The molecule has 1 saturated heterocycles. The number of rotatable bonds is 5. The SMILES string of the molecule is CC1CCCCN1CCCNC1CCCc2occc21. The van der Waals surface area contributed by atoms with E-state index in [1.54, 1.807) is 0 Å². The van der Waals surface area contributed by atoms with Gasteiger partial charge in [0.1, 0.15) is 5.76 Å². The van der Waals surface area contributed by atoms with Crippen LogP contribution in [0.15, 0.2) is 16.7 Å². The van der Waals surface area contributed by atoms with E-state index >= 15 is 0 Å². The Bertz CT molecular complexity index is 415. The Balaban J connectivity index is 1.40. The Morgan fingerprint density at radius 2 is 2.25 bits per heavy atom. The Kier molecular flexibility index (Phi) is 4.79. The third-order valence-electron chi connectivity index (χ3n) is 5.01. The zero-order valence-corrected chi connectivity index (χ0v) is 12.7. The van der Waals surface area contributed by atoms with E-state index < -0.39 is 0 Å². The van der Waals surface area contributed by atoms with Crippen LogP contribution in [0, 0.1) is 0 Å². The molecule has 2 aliphatic rings. The Labute approximate surface area is 122 Å². The molecule has 3 nitrogen and oxygen atoms in total. The molecular weight excluding hydrogens is 248 g/mol. The first kappa shape index (κ1) is 14.2. The fourth-order valence-corrected chi connectivity index (χ4v) is 3.75. The average molecular weight is 276 g/mol. The van der Waals surface area contributed by atoms with Crippen molar-refractivity contribution in [3.05, 3.63) is 23.7 Å². The molecule has 0 amide bonds. The van der Waals surface area contributed by atoms with E-state index in [0.29, 0.717) is 6.04 Å². The number of aryl methyl sites for hydroxylation is 1. The van der Waals surface area contributed by atoms with Gasteiger partial charge in [-0.05, 0) is 64.7 Å². The number of hydrogen-bond acceptors (Lipinski definition) is 3. The van der Waals surface area contributed by atoms with Crippen molar-refractivity contribution in [3.63, 3.8) is 0 Å². The molecule has 1 N–H and O–H groups in total. The largest absolute Gasteiger partial charge is 0.469 e. The highest BCUT2D eigenvalue weighted by molar-refractivity contribution is 5.23. The fourth-order valence-electron chi connectivity index (χ4n) is 3.75. The maximum Gasteiger partial charge on any atom is 0.108 e. The van der Waals surface area contributed by atoms with Gasteiger partial charge in [0.2, 0.25) is 0 Å². The summed E-state index contributed by atoms with van der Waals surface area (Å²) in [6, 6.07) is 3.47. The third-order valence-corrected chi connectivity index (χ3v) is 5.01. The number of hydrogen-bond donors (Lipinski definition) is 1. The lowest BCUT2D eigenvalue weighted by Gasteiger charge is -2.33. The fraction of sp³-hybridized carbons (Fsp3) is 0.765. The predicted octanol–water partition coefficient (Wildman–Crippen LogP) is 3.51. The van der Waals surface area contributed by atoms with Crippen molar-refractivity contribution in [1.29, 1.82) is 0 Å². The van der Waals surface area contributed by atoms with Gasteiger partial charge in [0.25, 0.3) is 0 Å². The van der Waals surface area contributed by atoms with Crippen molar-refractivity contribution in [2.24, 2.45) is 0 Å². The summed E-state index contributed by atoms with van der Waals surface area (Å²) in [5, 5.41) is 3.73. The molecule has 3 heteroatoms. The van der Waals surface area contributed by atoms with Gasteiger partial charge >= 0.3 is 0 Å². The summed E-state index contributed by atoms with van der Waals surface area (Å²) < 4.78 is 5.55. The van der Waals surface area contributed by atoms with Crippen LogP contribution in [0.2, 0.25) is 0 Å². The van der Waals surface area contributed by atoms with Gasteiger partial charge in [-0.3, -0.25) is 0 Å². The predicted molar refractivity (Wildman–Crippen MR) is 81.9 cm³/mol. The molecule has 1 aliphatic carbocycles. The van der Waals surface area contributed by atoms with Gasteiger partial charge < -0.3 is 14.6 Å². The standard InChI is InChI=1S/C17H28N2O/c1-14-6-2-3-11-19(14)12-5-10-18-16-7-4-8-17-15(16)9-13-20-17/h9,13-14,16,18H,2-8,10-12H2,1H3. The van der Waals surface area contributed by atoms with Crippen molar-refractivity contribution < 1.29 is 4.42 Å². The minimum Gasteiger partial charge on any atom is -0.469 e. The van der Waals surface area contributed by atoms with E-state index in [0.717, 1.165) is 19.0 Å². The molecule has 0 bridgehead atoms. The molecule has 1 aromatic rings. The van der Waals surface area contributed by atoms with Gasteiger partial charge in [-0.15, -0.1) is 0 Å². The third kappa shape index (κ3) is 3.26. The van der Waals surface area contributed by atoms with Gasteiger partial charge in [0.15, 0.2) is 0 Å². The summed E-state index contributed by atoms with van der Waals surface area (Å²) in [5.41, 5.74) is 1.41. The molecule has 0 aromatic carbocycles. The first-order chi connectivity index (χ1) is 9.84. The van der Waals surface area contributed by atoms with Crippen molar-refractivity contribution in [1.82, 2.24) is 10.2 Å². The minimum atomic E-state index is 0.524. The van der Waals surface area contributed by atoms with Gasteiger partial charge in [-0.1, -0.05) is 6.42 Å². The van der Waals surface area contributed by atoms with Gasteiger partial charge in [0.05, 0.1) is 6.26 Å². The van der Waals surface area contributed by atoms with Crippen molar-refractivity contribution in [3.8, 4) is 0 Å². The number of likely N-dealkylation sites (tertiary alicyclic amines) is 1. The van der Waals surface area contributed by atoms with Crippen LogP contribution in [-0.2, 0) is 6.42 Å². The molecular formula is C17H28N2O. The summed E-state index contributed by atoms with van der Waals surface area (Å²) in [4.78, 5) is 2.66. The van der Waals surface area contributed by atoms with Crippen LogP contribution in [-0.4, -0.2) is 30.6 Å². The maximum absolute atomic E-state index is 5.55. The molecule has 112 valence electrons. The van der Waals surface area contributed by atoms with Gasteiger partial charge in [-0.2, -0.15) is 0 Å². The normalized spacial score (nSPS) is 27.4. The summed E-state index contributed by atoms with van der Waals surface area (Å²) in [6.07, 6.45) is 10.9. The molecule has 0 spiro atoms. The number of nitrogens with one attached hydrogen (secondary N) is 1. The highest BCUT2D eigenvalue weighted by Crippen LogP contribution is 2.30. The van der Waals surface area contributed by atoms with Crippen molar-refractivity contribution in [2.45, 2.75) is 64.0 Å². The molecule has 2 atom stereocenters. The van der Waals surface area contributed by atoms with E-state index in [1.807, 2.05) is 6.26 Å². The molecule has 0 saturated carbocycles. The molecule has 1 aromatic heterocycles. The average Bonchev–Trinajstić information content (AvgIpc) is 2.94. The second-order valence-electron chi connectivity index (χ2n) is 6.43. The molecule has 0 radical (unpaired) electrons. The molecule has 2 unspecified atom stereocenters. The lowest BCUT2D eigenvalue weighted by Crippen LogP contribution is -2.39. The van der Waals surface area contributed by atoms with Crippen LogP contribution in [0.1, 0.15) is 62.8 Å². The zero-order valence-electron chi connectivity index (χ0n) is 12.7. The molecule has 2 heterocycles. The topological polar surface area (TPSA) is 28.4 Å². The summed E-state index contributed by atoms with van der Waals surface area (Å²) in [7, 11) is 0. The first-order valence-corrected chi connectivity index (χ1v) is 8.38. The Hall–Kier alpha value is -0.800. The van der Waals surface area contributed by atoms with Gasteiger partial charge in [-0.25, -0.2) is 0 Å². The number of fused-ring (bicyclic) bond motifs is 1.